The Morgan fingerprint density at radius 3 is 1.93 bits per heavy atom. The van der Waals surface area contributed by atoms with Crippen LogP contribution in [0.1, 0.15) is 11.1 Å². The molecule has 0 unspecified atom stereocenters. The largest absolute Gasteiger partial charge is 0.346 e. The zero-order valence-corrected chi connectivity index (χ0v) is 17.1. The first-order valence-corrected chi connectivity index (χ1v) is 9.86. The number of amides is 3. The van der Waals surface area contributed by atoms with Crippen LogP contribution in [0.15, 0.2) is 60.7 Å². The molecule has 1 aliphatic heterocycles. The van der Waals surface area contributed by atoms with Gasteiger partial charge in [-0.25, -0.2) is 14.7 Å². The topological polar surface area (TPSA) is 43.9 Å². The Bertz CT molecular complexity index is 817. The highest BCUT2D eigenvalue weighted by Crippen LogP contribution is 2.42. The number of urea groups is 1. The summed E-state index contributed by atoms with van der Waals surface area (Å²) in [6.07, 6.45) is 0. The smallest absolute Gasteiger partial charge is 0.272 e. The molecular formula is C20H21N3O2S2. The highest BCUT2D eigenvalue weighted by molar-refractivity contribution is 8.23. The molecule has 140 valence electrons. The molecule has 0 spiro atoms. The number of thioether (sulfide) groups is 1. The second-order valence-corrected chi connectivity index (χ2v) is 8.10. The zero-order chi connectivity index (χ0) is 19.6. The van der Waals surface area contributed by atoms with Gasteiger partial charge in [-0.3, -0.25) is 9.80 Å². The van der Waals surface area contributed by atoms with Gasteiger partial charge in [-0.05, 0) is 11.1 Å². The number of rotatable bonds is 3. The molecular weight excluding hydrogens is 378 g/mol. The number of imide groups is 1. The Kier molecular flexibility index (Phi) is 5.64. The molecule has 0 saturated carbocycles. The molecule has 0 bridgehead atoms. The van der Waals surface area contributed by atoms with Crippen molar-refractivity contribution in [1.82, 2.24) is 14.9 Å². The second kappa shape index (κ2) is 7.80. The lowest BCUT2D eigenvalue weighted by Crippen LogP contribution is -2.60. The molecule has 0 N–H and O–H groups in total. The maximum Gasteiger partial charge on any atom is 0.346 e. The van der Waals surface area contributed by atoms with Crippen LogP contribution in [0.25, 0.3) is 0 Å². The first kappa shape index (κ1) is 19.5. The van der Waals surface area contributed by atoms with Gasteiger partial charge in [-0.15, -0.1) is 0 Å². The fraction of sp³-hybridized carbons (Fsp3) is 0.250. The first-order valence-electron chi connectivity index (χ1n) is 8.47. The van der Waals surface area contributed by atoms with Crippen molar-refractivity contribution in [2.45, 2.75) is 5.41 Å². The zero-order valence-electron chi connectivity index (χ0n) is 15.5. The summed E-state index contributed by atoms with van der Waals surface area (Å²) in [7, 11) is 5.10. The van der Waals surface area contributed by atoms with E-state index in [0.717, 1.165) is 16.0 Å². The molecule has 2 aromatic carbocycles. The minimum atomic E-state index is -0.974. The van der Waals surface area contributed by atoms with Crippen LogP contribution in [0, 0.1) is 0 Å². The van der Waals surface area contributed by atoms with Crippen molar-refractivity contribution in [3.05, 3.63) is 71.8 Å². The highest BCUT2D eigenvalue weighted by Gasteiger charge is 2.51. The molecule has 27 heavy (non-hydrogen) atoms. The summed E-state index contributed by atoms with van der Waals surface area (Å²) in [5.74, 6) is 0.135. The van der Waals surface area contributed by atoms with Crippen LogP contribution in [0.5, 0.6) is 0 Å². The van der Waals surface area contributed by atoms with E-state index in [1.807, 2.05) is 60.7 Å². The van der Waals surface area contributed by atoms with E-state index in [4.69, 9.17) is 12.2 Å². The van der Waals surface area contributed by atoms with Crippen LogP contribution in [0.3, 0.4) is 0 Å². The van der Waals surface area contributed by atoms with E-state index in [1.54, 1.807) is 26.2 Å². The summed E-state index contributed by atoms with van der Waals surface area (Å²) in [6, 6.07) is 18.7. The lowest BCUT2D eigenvalue weighted by Gasteiger charge is -2.42. The van der Waals surface area contributed by atoms with Gasteiger partial charge >= 0.3 is 6.03 Å². The van der Waals surface area contributed by atoms with E-state index in [2.05, 4.69) is 0 Å². The molecule has 0 aliphatic carbocycles. The van der Waals surface area contributed by atoms with Crippen LogP contribution >= 0.6 is 24.0 Å². The van der Waals surface area contributed by atoms with Gasteiger partial charge in [0.25, 0.3) is 5.91 Å². The van der Waals surface area contributed by atoms with Crippen molar-refractivity contribution in [1.29, 1.82) is 0 Å². The van der Waals surface area contributed by atoms with Gasteiger partial charge in [0.2, 0.25) is 0 Å². The van der Waals surface area contributed by atoms with Crippen LogP contribution in [0.2, 0.25) is 0 Å². The number of carbonyl (C=O) groups excluding carboxylic acids is 2. The summed E-state index contributed by atoms with van der Waals surface area (Å²) < 4.78 is 0.279. The van der Waals surface area contributed by atoms with Crippen molar-refractivity contribution in [2.75, 3.05) is 26.9 Å². The van der Waals surface area contributed by atoms with E-state index in [0.29, 0.717) is 5.75 Å². The average Bonchev–Trinajstić information content (AvgIpc) is 2.69. The van der Waals surface area contributed by atoms with E-state index >= 15 is 0 Å². The molecule has 0 atom stereocenters. The molecule has 0 aromatic heterocycles. The van der Waals surface area contributed by atoms with Crippen molar-refractivity contribution >= 4 is 40.2 Å². The van der Waals surface area contributed by atoms with Crippen molar-refractivity contribution in [3.8, 4) is 0 Å². The fourth-order valence-corrected chi connectivity index (χ4v) is 4.50. The van der Waals surface area contributed by atoms with Gasteiger partial charge in [0.1, 0.15) is 5.41 Å². The van der Waals surface area contributed by atoms with E-state index < -0.39 is 11.4 Å². The molecule has 1 saturated heterocycles. The lowest BCUT2D eigenvalue weighted by atomic mass is 9.74. The number of benzene rings is 2. The molecule has 3 rings (SSSR count). The van der Waals surface area contributed by atoms with E-state index in [9.17, 15) is 9.59 Å². The van der Waals surface area contributed by atoms with Gasteiger partial charge in [-0.2, -0.15) is 0 Å². The third-order valence-electron chi connectivity index (χ3n) is 4.76. The normalized spacial score (nSPS) is 16.5. The summed E-state index contributed by atoms with van der Waals surface area (Å²) >= 11 is 6.75. The van der Waals surface area contributed by atoms with Crippen LogP contribution in [0.4, 0.5) is 4.79 Å². The number of thiocarbonyl (C=S) groups is 1. The van der Waals surface area contributed by atoms with Crippen molar-refractivity contribution in [2.24, 2.45) is 0 Å². The Hall–Kier alpha value is -2.22. The quantitative estimate of drug-likeness (QED) is 0.585. The number of hydrazine groups is 1. The van der Waals surface area contributed by atoms with E-state index in [1.165, 1.54) is 16.8 Å². The number of carbonyl (C=O) groups is 2. The first-order chi connectivity index (χ1) is 12.9. The number of hydrogen-bond donors (Lipinski definition) is 0. The molecule has 1 aliphatic rings. The average molecular weight is 400 g/mol. The summed E-state index contributed by atoms with van der Waals surface area (Å²) in [4.78, 5) is 27.9. The molecule has 1 fully saturated rings. The van der Waals surface area contributed by atoms with Gasteiger partial charge in [0.15, 0.2) is 4.32 Å². The standard InChI is InChI=1S/C20H21N3O2S2/c1-21(2)22(3)18(25)23-17(24)20(14-27-19(23)26,15-10-6-4-7-11-15)16-12-8-5-9-13-16/h4-13H,14H2,1-3H3. The Balaban J connectivity index is 2.16. The third kappa shape index (κ3) is 3.38. The van der Waals surface area contributed by atoms with Crippen LogP contribution in [-0.2, 0) is 10.2 Å². The lowest BCUT2D eigenvalue weighted by molar-refractivity contribution is -0.129. The van der Waals surface area contributed by atoms with Crippen molar-refractivity contribution in [3.63, 3.8) is 0 Å². The maximum atomic E-state index is 13.8. The molecule has 1 heterocycles. The van der Waals surface area contributed by atoms with Gasteiger partial charge in [0, 0.05) is 26.9 Å². The molecule has 0 radical (unpaired) electrons. The van der Waals surface area contributed by atoms with Crippen molar-refractivity contribution < 1.29 is 9.59 Å². The molecule has 3 amide bonds. The Labute approximate surface area is 168 Å². The van der Waals surface area contributed by atoms with Gasteiger partial charge in [0.05, 0.1) is 0 Å². The minimum absolute atomic E-state index is 0.279. The maximum absolute atomic E-state index is 13.8. The number of nitrogens with zero attached hydrogens (tertiary/aromatic N) is 3. The predicted molar refractivity (Wildman–Crippen MR) is 112 cm³/mol. The monoisotopic (exact) mass is 399 g/mol. The second-order valence-electron chi connectivity index (χ2n) is 6.49. The van der Waals surface area contributed by atoms with Gasteiger partial charge in [-0.1, -0.05) is 84.6 Å². The number of hydrogen-bond acceptors (Lipinski definition) is 5. The Morgan fingerprint density at radius 1 is 1.00 bits per heavy atom. The summed E-state index contributed by atoms with van der Waals surface area (Å²) in [6.45, 7) is 0. The fourth-order valence-electron chi connectivity index (χ4n) is 3.08. The predicted octanol–water partition coefficient (Wildman–Crippen LogP) is 3.36. The summed E-state index contributed by atoms with van der Waals surface area (Å²) in [5.41, 5.74) is 0.723. The van der Waals surface area contributed by atoms with Crippen LogP contribution in [-0.4, -0.2) is 58.1 Å². The molecule has 2 aromatic rings. The molecule has 7 heteroatoms. The molecule has 5 nitrogen and oxygen atoms in total. The van der Waals surface area contributed by atoms with Crippen LogP contribution < -0.4 is 0 Å². The SMILES string of the molecule is CN(C)N(C)C(=O)N1C(=O)C(c2ccccc2)(c2ccccc2)CSC1=S. The Morgan fingerprint density at radius 2 is 1.48 bits per heavy atom. The summed E-state index contributed by atoms with van der Waals surface area (Å²) in [5, 5.41) is 2.99. The minimum Gasteiger partial charge on any atom is -0.272 e. The van der Waals surface area contributed by atoms with E-state index in [-0.39, 0.29) is 10.2 Å². The third-order valence-corrected chi connectivity index (χ3v) is 6.31. The van der Waals surface area contributed by atoms with Gasteiger partial charge < -0.3 is 0 Å². The highest BCUT2D eigenvalue weighted by atomic mass is 32.2.